The van der Waals surface area contributed by atoms with Crippen LogP contribution in [0.25, 0.3) is 174 Å². The Balaban J connectivity index is 1.00. The quantitative estimate of drug-likeness (QED) is 0.115. The Labute approximate surface area is 451 Å². The van der Waals surface area contributed by atoms with Crippen LogP contribution in [0.3, 0.4) is 0 Å². The van der Waals surface area contributed by atoms with Gasteiger partial charge in [0.2, 0.25) is 0 Å². The van der Waals surface area contributed by atoms with E-state index in [0.717, 1.165) is 0 Å². The summed E-state index contributed by atoms with van der Waals surface area (Å²) in [5.41, 5.74) is 14.9. The lowest BCUT2D eigenvalue weighted by molar-refractivity contribution is 1.60. The summed E-state index contributed by atoms with van der Waals surface area (Å²) < 4.78 is 0. The van der Waals surface area contributed by atoms with Gasteiger partial charge in [0, 0.05) is 0 Å². The number of rotatable bonds is 6. The maximum absolute atomic E-state index is 2.55. The van der Waals surface area contributed by atoms with Gasteiger partial charge in [-0.15, -0.1) is 0 Å². The Morgan fingerprint density at radius 3 is 1.29 bits per heavy atom. The lowest BCUT2D eigenvalue weighted by atomic mass is 9.83. The summed E-state index contributed by atoms with van der Waals surface area (Å²) in [6.07, 6.45) is 0. The fourth-order valence-corrected chi connectivity index (χ4v) is 14.1. The van der Waals surface area contributed by atoms with E-state index in [1.54, 1.807) is 0 Å². The van der Waals surface area contributed by atoms with Crippen LogP contribution in [-0.4, -0.2) is 0 Å². The first-order chi connectivity index (χ1) is 38.7. The lowest BCUT2D eigenvalue weighted by Crippen LogP contribution is -1.92. The topological polar surface area (TPSA) is 0 Å². The van der Waals surface area contributed by atoms with Crippen molar-refractivity contribution in [2.75, 3.05) is 0 Å². The van der Waals surface area contributed by atoms with Gasteiger partial charge in [0.15, 0.2) is 0 Å². The summed E-state index contributed by atoms with van der Waals surface area (Å²) in [6.45, 7) is 0. The Bertz CT molecular complexity index is 5220. The van der Waals surface area contributed by atoms with Gasteiger partial charge in [0.25, 0.3) is 0 Å². The zero-order chi connectivity index (χ0) is 51.0. The molecule has 0 unspecified atom stereocenters. The van der Waals surface area contributed by atoms with Crippen molar-refractivity contribution in [3.05, 3.63) is 279 Å². The molecule has 0 N–H and O–H groups in total. The molecular formula is C78H46. The second kappa shape index (κ2) is 16.7. The summed E-state index contributed by atoms with van der Waals surface area (Å²) in [6, 6.07) is 105. The number of benzene rings is 15. The van der Waals surface area contributed by atoms with Gasteiger partial charge in [-0.25, -0.2) is 0 Å². The Morgan fingerprint density at radius 2 is 0.590 bits per heavy atom. The van der Waals surface area contributed by atoms with E-state index >= 15 is 0 Å². The van der Waals surface area contributed by atoms with E-state index in [1.165, 1.54) is 174 Å². The fraction of sp³-hybridized carbons (Fsp3) is 0. The zero-order valence-corrected chi connectivity index (χ0v) is 42.6. The van der Waals surface area contributed by atoms with E-state index in [2.05, 4.69) is 279 Å². The van der Waals surface area contributed by atoms with Gasteiger partial charge in [0.05, 0.1) is 0 Å². The molecule has 17 rings (SSSR count). The third-order valence-corrected chi connectivity index (χ3v) is 17.3. The van der Waals surface area contributed by atoms with Crippen LogP contribution < -0.4 is 0 Å². The lowest BCUT2D eigenvalue weighted by Gasteiger charge is -2.19. The van der Waals surface area contributed by atoms with E-state index in [9.17, 15) is 0 Å². The fourth-order valence-electron chi connectivity index (χ4n) is 14.1. The maximum atomic E-state index is 2.55. The van der Waals surface area contributed by atoms with Crippen LogP contribution in [0.4, 0.5) is 0 Å². The highest BCUT2D eigenvalue weighted by Crippen LogP contribution is 2.56. The Hall–Kier alpha value is -10.1. The molecule has 0 fully saturated rings. The third kappa shape index (κ3) is 6.11. The van der Waals surface area contributed by atoms with Gasteiger partial charge < -0.3 is 0 Å². The van der Waals surface area contributed by atoms with Crippen LogP contribution in [0.5, 0.6) is 0 Å². The normalized spacial score (nSPS) is 12.1. The predicted molar refractivity (Wildman–Crippen MR) is 336 cm³/mol. The molecule has 0 heterocycles. The Morgan fingerprint density at radius 1 is 0.141 bits per heavy atom. The first-order valence-electron chi connectivity index (χ1n) is 27.2. The van der Waals surface area contributed by atoms with Crippen molar-refractivity contribution in [2.24, 2.45) is 0 Å². The van der Waals surface area contributed by atoms with Crippen molar-refractivity contribution in [3.8, 4) is 66.8 Å². The van der Waals surface area contributed by atoms with Crippen molar-refractivity contribution in [1.82, 2.24) is 0 Å². The highest BCUT2D eigenvalue weighted by Gasteiger charge is 2.28. The van der Waals surface area contributed by atoms with Crippen molar-refractivity contribution in [2.45, 2.75) is 0 Å². The number of hydrogen-bond donors (Lipinski definition) is 0. The molecule has 78 heavy (non-hydrogen) atoms. The molecule has 358 valence electrons. The molecule has 0 aliphatic heterocycles. The molecule has 0 bridgehead atoms. The minimum absolute atomic E-state index is 1.19. The minimum atomic E-state index is 1.19. The monoisotopic (exact) mass is 982 g/mol. The van der Waals surface area contributed by atoms with Gasteiger partial charge in [-0.1, -0.05) is 267 Å². The van der Waals surface area contributed by atoms with Gasteiger partial charge in [0.1, 0.15) is 0 Å². The van der Waals surface area contributed by atoms with Crippen LogP contribution in [0.15, 0.2) is 279 Å². The summed E-state index contributed by atoms with van der Waals surface area (Å²) in [5.74, 6) is 0. The molecule has 17 aromatic rings. The van der Waals surface area contributed by atoms with Crippen molar-refractivity contribution in [3.63, 3.8) is 0 Å². The molecule has 0 saturated carbocycles. The van der Waals surface area contributed by atoms with Crippen LogP contribution in [0.2, 0.25) is 0 Å². The van der Waals surface area contributed by atoms with E-state index in [1.807, 2.05) is 0 Å². The SMILES string of the molecule is c1ccc(-c2c3ccccc3c(-c3ccc4c5c(-c6cccc(-c7ccc(-c8cccc9ccccc89)cc7)c6)c6c(cc7c8ccccc8c8cccc6c87)c(-c6ccccc6)c5c5cccc3c54)c3ccccc23)cc1. The summed E-state index contributed by atoms with van der Waals surface area (Å²) >= 11 is 0. The second-order valence-electron chi connectivity index (χ2n) is 21.3. The summed E-state index contributed by atoms with van der Waals surface area (Å²) in [7, 11) is 0. The molecular weight excluding hydrogens is 937 g/mol. The van der Waals surface area contributed by atoms with Crippen molar-refractivity contribution < 1.29 is 0 Å². The smallest absolute Gasteiger partial charge is 0.000718 e. The largest absolute Gasteiger partial charge is 0.0622 e. The molecule has 0 heteroatoms. The van der Waals surface area contributed by atoms with Crippen LogP contribution in [0, 0.1) is 0 Å². The molecule has 17 aromatic carbocycles. The van der Waals surface area contributed by atoms with Gasteiger partial charge in [-0.3, -0.25) is 0 Å². The molecule has 0 aliphatic carbocycles. The third-order valence-electron chi connectivity index (χ3n) is 17.3. The van der Waals surface area contributed by atoms with Crippen molar-refractivity contribution in [1.29, 1.82) is 0 Å². The maximum Gasteiger partial charge on any atom is -0.000718 e. The van der Waals surface area contributed by atoms with Gasteiger partial charge in [-0.2, -0.15) is 0 Å². The minimum Gasteiger partial charge on any atom is -0.0622 e. The Kier molecular flexibility index (Phi) is 9.22. The molecule has 0 atom stereocenters. The van der Waals surface area contributed by atoms with Gasteiger partial charge in [-0.05, 0) is 187 Å². The first kappa shape index (κ1) is 43.1. The summed E-state index contributed by atoms with van der Waals surface area (Å²) in [5, 5.41) is 25.7. The highest BCUT2D eigenvalue weighted by molar-refractivity contribution is 6.45. The molecule has 0 nitrogen and oxygen atoms in total. The molecule has 0 aliphatic rings. The predicted octanol–water partition coefficient (Wildman–Crippen LogP) is 22.1. The number of hydrogen-bond acceptors (Lipinski definition) is 0. The van der Waals surface area contributed by atoms with Crippen LogP contribution in [0.1, 0.15) is 0 Å². The molecule has 0 spiro atoms. The van der Waals surface area contributed by atoms with E-state index < -0.39 is 0 Å². The van der Waals surface area contributed by atoms with Crippen LogP contribution >= 0.6 is 0 Å². The number of fused-ring (bicyclic) bond motifs is 11. The van der Waals surface area contributed by atoms with Crippen LogP contribution in [-0.2, 0) is 0 Å². The van der Waals surface area contributed by atoms with Crippen molar-refractivity contribution >= 4 is 108 Å². The van der Waals surface area contributed by atoms with E-state index in [4.69, 9.17) is 0 Å². The average molecular weight is 983 g/mol. The molecule has 0 aromatic heterocycles. The highest BCUT2D eigenvalue weighted by atomic mass is 14.3. The average Bonchev–Trinajstić information content (AvgIpc) is 4.08. The zero-order valence-electron chi connectivity index (χ0n) is 42.6. The molecule has 0 amide bonds. The molecule has 0 radical (unpaired) electrons. The molecule has 0 saturated heterocycles. The van der Waals surface area contributed by atoms with Gasteiger partial charge >= 0.3 is 0 Å². The summed E-state index contributed by atoms with van der Waals surface area (Å²) in [4.78, 5) is 0. The second-order valence-corrected chi connectivity index (χ2v) is 21.3. The van der Waals surface area contributed by atoms with E-state index in [-0.39, 0.29) is 0 Å². The first-order valence-corrected chi connectivity index (χ1v) is 27.2. The van der Waals surface area contributed by atoms with E-state index in [0.29, 0.717) is 0 Å². The standard InChI is InChI=1S/C78H46/c1-3-20-50(21-4-1)70-59-30-11-13-32-61(59)73(62-33-14-12-31-60(62)70)64-43-44-67-74-63(64)36-18-38-66(74)77-71(51-22-5-2-6-23-51)69-46-68-57-29-10-9-28-56(57)58-35-17-37-65(75(58)68)76(69)72(78(67)77)53-26-15-25-52(45-53)47-39-41-49(42-40-47)55-34-16-24-48-19-7-8-27-54(48)55/h1-46H.